The molecule has 3 rings (SSSR count). The molecule has 8 heteroatoms. The average molecular weight is 401 g/mol. The van der Waals surface area contributed by atoms with Gasteiger partial charge in [0, 0.05) is 30.2 Å². The minimum absolute atomic E-state index is 0.000820. The summed E-state index contributed by atoms with van der Waals surface area (Å²) in [7, 11) is 0. The Bertz CT molecular complexity index is 1100. The number of rotatable bonds is 4. The number of H-pyrrole nitrogens is 1. The number of carbonyl (C=O) groups excluding carboxylic acids is 1. The van der Waals surface area contributed by atoms with Gasteiger partial charge in [0.05, 0.1) is 0 Å². The molecule has 5 nitrogen and oxygen atoms in total. The Balaban J connectivity index is 1.92. The number of hydrogen-bond acceptors (Lipinski definition) is 3. The number of pyridine rings is 2. The van der Waals surface area contributed by atoms with Crippen molar-refractivity contribution in [3.63, 3.8) is 0 Å². The molecule has 0 aliphatic heterocycles. The summed E-state index contributed by atoms with van der Waals surface area (Å²) < 4.78 is 38.9. The van der Waals surface area contributed by atoms with E-state index in [-0.39, 0.29) is 23.2 Å². The number of hydrogen-bond donors (Lipinski definition) is 2. The van der Waals surface area contributed by atoms with Crippen LogP contribution in [0.15, 0.2) is 53.6 Å². The second-order valence-corrected chi connectivity index (χ2v) is 6.63. The van der Waals surface area contributed by atoms with Gasteiger partial charge in [-0.1, -0.05) is 29.8 Å². The van der Waals surface area contributed by atoms with E-state index < -0.39 is 23.2 Å². The maximum absolute atomic E-state index is 13.0. The molecule has 0 fully saturated rings. The molecule has 0 unspecified atom stereocenters. The first-order valence-corrected chi connectivity index (χ1v) is 8.76. The summed E-state index contributed by atoms with van der Waals surface area (Å²) in [4.78, 5) is 31.5. The van der Waals surface area contributed by atoms with Gasteiger partial charge in [0.25, 0.3) is 5.91 Å². The van der Waals surface area contributed by atoms with Crippen molar-refractivity contribution in [2.45, 2.75) is 26.6 Å². The molecular weight excluding hydrogens is 383 g/mol. The fraction of sp³-hybridized carbons (Fsp3) is 0.190. The molecule has 0 aliphatic carbocycles. The van der Waals surface area contributed by atoms with E-state index in [4.69, 9.17) is 0 Å². The van der Waals surface area contributed by atoms with Gasteiger partial charge < -0.3 is 10.3 Å². The van der Waals surface area contributed by atoms with Crippen molar-refractivity contribution in [1.82, 2.24) is 15.3 Å². The quantitative estimate of drug-likeness (QED) is 0.694. The van der Waals surface area contributed by atoms with Gasteiger partial charge >= 0.3 is 6.18 Å². The normalized spacial score (nSPS) is 11.3. The smallest absolute Gasteiger partial charge is 0.364 e. The molecule has 2 heterocycles. The van der Waals surface area contributed by atoms with Crippen molar-refractivity contribution < 1.29 is 18.0 Å². The van der Waals surface area contributed by atoms with Gasteiger partial charge in [-0.15, -0.1) is 0 Å². The van der Waals surface area contributed by atoms with Gasteiger partial charge in [-0.25, -0.2) is 0 Å². The van der Waals surface area contributed by atoms with Gasteiger partial charge in [0.15, 0.2) is 0 Å². The van der Waals surface area contributed by atoms with E-state index in [1.54, 1.807) is 6.92 Å². The number of aromatic amines is 1. The molecule has 29 heavy (non-hydrogen) atoms. The lowest BCUT2D eigenvalue weighted by molar-refractivity contribution is -0.141. The van der Waals surface area contributed by atoms with Crippen molar-refractivity contribution >= 4 is 5.91 Å². The van der Waals surface area contributed by atoms with Crippen LogP contribution in [0.3, 0.4) is 0 Å². The summed E-state index contributed by atoms with van der Waals surface area (Å²) in [5.41, 5.74) is 0.393. The number of benzene rings is 1. The standard InChI is InChI=1S/C21H18F3N3O2/c1-12-3-5-14(6-4-12)10-27-20(29)16-11-26-13(2)18(19(16)28)15-7-8-25-17(9-15)21(22,23)24/h3-9,11H,10H2,1-2H3,(H,26,28)(H,27,29). The fourth-order valence-corrected chi connectivity index (χ4v) is 2.86. The van der Waals surface area contributed by atoms with Crippen LogP contribution in [0.25, 0.3) is 11.1 Å². The first-order chi connectivity index (χ1) is 13.7. The molecule has 0 spiro atoms. The molecule has 0 radical (unpaired) electrons. The topological polar surface area (TPSA) is 74.8 Å². The van der Waals surface area contributed by atoms with Crippen LogP contribution in [0.2, 0.25) is 0 Å². The number of amides is 1. The van der Waals surface area contributed by atoms with Crippen molar-refractivity contribution in [1.29, 1.82) is 0 Å². The summed E-state index contributed by atoms with van der Waals surface area (Å²) in [6.45, 7) is 3.71. The fourth-order valence-electron chi connectivity index (χ4n) is 2.86. The third-order valence-corrected chi connectivity index (χ3v) is 4.44. The maximum Gasteiger partial charge on any atom is 0.433 e. The Morgan fingerprint density at radius 3 is 2.48 bits per heavy atom. The molecule has 0 saturated carbocycles. The van der Waals surface area contributed by atoms with Gasteiger partial charge in [-0.05, 0) is 37.1 Å². The Morgan fingerprint density at radius 2 is 1.83 bits per heavy atom. The third-order valence-electron chi connectivity index (χ3n) is 4.44. The van der Waals surface area contributed by atoms with E-state index >= 15 is 0 Å². The van der Waals surface area contributed by atoms with Crippen LogP contribution < -0.4 is 10.7 Å². The monoisotopic (exact) mass is 401 g/mol. The summed E-state index contributed by atoms with van der Waals surface area (Å²) >= 11 is 0. The van der Waals surface area contributed by atoms with Crippen LogP contribution in [0, 0.1) is 13.8 Å². The average Bonchev–Trinajstić information content (AvgIpc) is 2.67. The van der Waals surface area contributed by atoms with Crippen LogP contribution in [-0.2, 0) is 12.7 Å². The second-order valence-electron chi connectivity index (χ2n) is 6.63. The van der Waals surface area contributed by atoms with E-state index in [2.05, 4.69) is 15.3 Å². The highest BCUT2D eigenvalue weighted by atomic mass is 19.4. The lowest BCUT2D eigenvalue weighted by Crippen LogP contribution is -2.29. The van der Waals surface area contributed by atoms with Crippen LogP contribution >= 0.6 is 0 Å². The zero-order chi connectivity index (χ0) is 21.2. The highest BCUT2D eigenvalue weighted by Gasteiger charge is 2.33. The van der Waals surface area contributed by atoms with E-state index in [0.717, 1.165) is 23.4 Å². The van der Waals surface area contributed by atoms with Crippen LogP contribution in [-0.4, -0.2) is 15.9 Å². The predicted molar refractivity (Wildman–Crippen MR) is 102 cm³/mol. The Kier molecular flexibility index (Phi) is 5.54. The van der Waals surface area contributed by atoms with Crippen molar-refractivity contribution in [3.05, 3.63) is 87.1 Å². The zero-order valence-corrected chi connectivity index (χ0v) is 15.7. The van der Waals surface area contributed by atoms with Crippen molar-refractivity contribution in [2.24, 2.45) is 0 Å². The van der Waals surface area contributed by atoms with E-state index in [1.807, 2.05) is 31.2 Å². The molecular formula is C21H18F3N3O2. The first-order valence-electron chi connectivity index (χ1n) is 8.76. The molecule has 1 aromatic carbocycles. The molecule has 150 valence electrons. The number of aromatic nitrogens is 2. The number of halogens is 3. The van der Waals surface area contributed by atoms with Crippen LogP contribution in [0.1, 0.15) is 32.9 Å². The highest BCUT2D eigenvalue weighted by Crippen LogP contribution is 2.30. The Morgan fingerprint density at radius 1 is 1.14 bits per heavy atom. The van der Waals surface area contributed by atoms with Gasteiger partial charge in [0.1, 0.15) is 11.3 Å². The summed E-state index contributed by atoms with van der Waals surface area (Å²) in [6, 6.07) is 9.62. The van der Waals surface area contributed by atoms with E-state index in [9.17, 15) is 22.8 Å². The molecule has 2 N–H and O–H groups in total. The molecule has 1 amide bonds. The van der Waals surface area contributed by atoms with Gasteiger partial charge in [-0.2, -0.15) is 13.2 Å². The number of alkyl halides is 3. The molecule has 0 aliphatic rings. The number of nitrogens with one attached hydrogen (secondary N) is 2. The largest absolute Gasteiger partial charge is 0.433 e. The molecule has 0 atom stereocenters. The number of carbonyl (C=O) groups is 1. The van der Waals surface area contributed by atoms with E-state index in [0.29, 0.717) is 5.69 Å². The summed E-state index contributed by atoms with van der Waals surface area (Å²) in [6.07, 6.45) is -2.39. The first kappa shape index (κ1) is 20.3. The van der Waals surface area contributed by atoms with Gasteiger partial charge in [-0.3, -0.25) is 14.6 Å². The number of nitrogens with zero attached hydrogens (tertiary/aromatic N) is 1. The molecule has 3 aromatic rings. The molecule has 0 saturated heterocycles. The Hall–Kier alpha value is -3.42. The predicted octanol–water partition coefficient (Wildman–Crippen LogP) is 4.00. The van der Waals surface area contributed by atoms with Crippen LogP contribution in [0.5, 0.6) is 0 Å². The van der Waals surface area contributed by atoms with Crippen molar-refractivity contribution in [2.75, 3.05) is 0 Å². The minimum Gasteiger partial charge on any atom is -0.364 e. The second kappa shape index (κ2) is 7.90. The van der Waals surface area contributed by atoms with Crippen LogP contribution in [0.4, 0.5) is 13.2 Å². The Labute approximate surface area is 164 Å². The zero-order valence-electron chi connectivity index (χ0n) is 15.7. The summed E-state index contributed by atoms with van der Waals surface area (Å²) in [5, 5.41) is 2.66. The van der Waals surface area contributed by atoms with E-state index in [1.165, 1.54) is 12.3 Å². The lowest BCUT2D eigenvalue weighted by Gasteiger charge is -2.11. The number of aryl methyl sites for hydroxylation is 2. The van der Waals surface area contributed by atoms with Crippen molar-refractivity contribution in [3.8, 4) is 11.1 Å². The minimum atomic E-state index is -4.64. The SMILES string of the molecule is Cc1ccc(CNC(=O)c2c[nH]c(C)c(-c3ccnc(C(F)(F)F)c3)c2=O)cc1. The molecule has 0 bridgehead atoms. The summed E-state index contributed by atoms with van der Waals surface area (Å²) in [5.74, 6) is -0.613. The third kappa shape index (κ3) is 4.53. The van der Waals surface area contributed by atoms with Gasteiger partial charge in [0.2, 0.25) is 5.43 Å². The molecule has 2 aromatic heterocycles. The lowest BCUT2D eigenvalue weighted by atomic mass is 10.0. The maximum atomic E-state index is 13.0. The highest BCUT2D eigenvalue weighted by molar-refractivity contribution is 5.95.